The molecular weight excluding hydrogens is 324 g/mol. The van der Waals surface area contributed by atoms with Gasteiger partial charge in [-0.1, -0.05) is 5.16 Å². The van der Waals surface area contributed by atoms with Crippen LogP contribution in [0.25, 0.3) is 0 Å². The first-order chi connectivity index (χ1) is 11.5. The number of rotatable bonds is 4. The second-order valence-electron chi connectivity index (χ2n) is 6.25. The molecule has 1 aromatic rings. The highest BCUT2D eigenvalue weighted by Crippen LogP contribution is 2.38. The topological polar surface area (TPSA) is 77.7 Å². The van der Waals surface area contributed by atoms with E-state index >= 15 is 0 Å². The maximum atomic E-state index is 13.6. The first-order valence-electron chi connectivity index (χ1n) is 8.07. The van der Waals surface area contributed by atoms with Crippen molar-refractivity contribution in [1.29, 1.82) is 0 Å². The average molecular weight is 345 g/mol. The Morgan fingerprint density at radius 3 is 3.08 bits per heavy atom. The zero-order chi connectivity index (χ0) is 17.2. The van der Waals surface area contributed by atoms with Crippen LogP contribution in [0.4, 0.5) is 8.78 Å². The molecule has 1 aromatic heterocycles. The van der Waals surface area contributed by atoms with E-state index in [0.717, 1.165) is 0 Å². The third-order valence-electron chi connectivity index (χ3n) is 4.45. The highest BCUT2D eigenvalue weighted by molar-refractivity contribution is 5.79. The van der Waals surface area contributed by atoms with Crippen molar-refractivity contribution in [2.24, 2.45) is 5.92 Å². The van der Waals surface area contributed by atoms with Gasteiger partial charge in [-0.15, -0.1) is 0 Å². The number of ether oxygens (including phenoxy) is 2. The lowest BCUT2D eigenvalue weighted by molar-refractivity contribution is -0.151. The number of morpholine rings is 1. The number of halogens is 2. The van der Waals surface area contributed by atoms with E-state index in [0.29, 0.717) is 37.7 Å². The van der Waals surface area contributed by atoms with E-state index in [1.807, 2.05) is 0 Å². The molecule has 3 rings (SSSR count). The SMILES string of the molecule is COCc1nc(C2COCCN2C(=O)C2CCCC(F)(F)C2)no1. The molecule has 1 aliphatic heterocycles. The fourth-order valence-corrected chi connectivity index (χ4v) is 3.28. The molecule has 0 radical (unpaired) electrons. The van der Waals surface area contributed by atoms with Gasteiger partial charge in [0.2, 0.25) is 11.8 Å². The van der Waals surface area contributed by atoms with Gasteiger partial charge in [0.1, 0.15) is 12.6 Å². The molecule has 1 saturated heterocycles. The van der Waals surface area contributed by atoms with Gasteiger partial charge in [0, 0.05) is 32.4 Å². The lowest BCUT2D eigenvalue weighted by Gasteiger charge is -2.38. The molecule has 1 saturated carbocycles. The number of carbonyl (C=O) groups excluding carboxylic acids is 1. The van der Waals surface area contributed by atoms with Crippen molar-refractivity contribution in [3.05, 3.63) is 11.7 Å². The Morgan fingerprint density at radius 1 is 1.50 bits per heavy atom. The molecule has 2 unspecified atom stereocenters. The van der Waals surface area contributed by atoms with Crippen LogP contribution in [-0.4, -0.2) is 53.7 Å². The molecule has 24 heavy (non-hydrogen) atoms. The first-order valence-corrected chi connectivity index (χ1v) is 8.07. The standard InChI is InChI=1S/C15H21F2N3O4/c1-22-9-12-18-13(19-24-12)11-8-23-6-5-20(11)14(21)10-3-2-4-15(16,17)7-10/h10-11H,2-9H2,1H3. The number of amides is 1. The van der Waals surface area contributed by atoms with Crippen molar-refractivity contribution >= 4 is 5.91 Å². The van der Waals surface area contributed by atoms with Crippen LogP contribution in [0.3, 0.4) is 0 Å². The first kappa shape index (κ1) is 17.2. The van der Waals surface area contributed by atoms with E-state index in [1.54, 1.807) is 4.90 Å². The lowest BCUT2D eigenvalue weighted by Crippen LogP contribution is -2.48. The number of hydrogen-bond donors (Lipinski definition) is 0. The molecule has 7 nitrogen and oxygen atoms in total. The van der Waals surface area contributed by atoms with Crippen LogP contribution < -0.4 is 0 Å². The van der Waals surface area contributed by atoms with E-state index in [9.17, 15) is 13.6 Å². The van der Waals surface area contributed by atoms with Crippen molar-refractivity contribution in [3.63, 3.8) is 0 Å². The van der Waals surface area contributed by atoms with Crippen LogP contribution in [0.2, 0.25) is 0 Å². The highest BCUT2D eigenvalue weighted by atomic mass is 19.3. The Labute approximate surface area is 138 Å². The van der Waals surface area contributed by atoms with Gasteiger partial charge in [0.05, 0.1) is 13.2 Å². The van der Waals surface area contributed by atoms with Crippen molar-refractivity contribution < 1.29 is 27.6 Å². The number of methoxy groups -OCH3 is 1. The van der Waals surface area contributed by atoms with Crippen LogP contribution in [0.5, 0.6) is 0 Å². The molecule has 1 aliphatic carbocycles. The minimum atomic E-state index is -2.77. The summed E-state index contributed by atoms with van der Waals surface area (Å²) in [5.41, 5.74) is 0. The van der Waals surface area contributed by atoms with Gasteiger partial charge < -0.3 is 18.9 Å². The molecule has 0 bridgehead atoms. The second-order valence-corrected chi connectivity index (χ2v) is 6.25. The highest BCUT2D eigenvalue weighted by Gasteiger charge is 2.43. The summed E-state index contributed by atoms with van der Waals surface area (Å²) >= 11 is 0. The van der Waals surface area contributed by atoms with Crippen molar-refractivity contribution in [3.8, 4) is 0 Å². The molecular formula is C15H21F2N3O4. The average Bonchev–Trinajstić information content (AvgIpc) is 3.02. The smallest absolute Gasteiger partial charge is 0.252 e. The molecule has 9 heteroatoms. The summed E-state index contributed by atoms with van der Waals surface area (Å²) in [6.45, 7) is 1.10. The summed E-state index contributed by atoms with van der Waals surface area (Å²) in [7, 11) is 1.51. The minimum absolute atomic E-state index is 0.144. The predicted molar refractivity (Wildman–Crippen MR) is 77.2 cm³/mol. The third kappa shape index (κ3) is 3.72. The zero-order valence-electron chi connectivity index (χ0n) is 13.5. The van der Waals surface area contributed by atoms with E-state index in [2.05, 4.69) is 10.1 Å². The molecule has 2 aliphatic rings. The fourth-order valence-electron chi connectivity index (χ4n) is 3.28. The number of aromatic nitrogens is 2. The Kier molecular flexibility index (Phi) is 5.09. The molecule has 134 valence electrons. The summed E-state index contributed by atoms with van der Waals surface area (Å²) in [4.78, 5) is 18.5. The number of carbonyl (C=O) groups is 1. The molecule has 1 amide bonds. The summed E-state index contributed by atoms with van der Waals surface area (Å²) in [6.07, 6.45) is 0.309. The van der Waals surface area contributed by atoms with E-state index in [1.165, 1.54) is 7.11 Å². The van der Waals surface area contributed by atoms with Gasteiger partial charge in [-0.05, 0) is 12.8 Å². The lowest BCUT2D eigenvalue weighted by atomic mass is 9.85. The van der Waals surface area contributed by atoms with E-state index in [4.69, 9.17) is 14.0 Å². The number of alkyl halides is 2. The number of hydrogen-bond acceptors (Lipinski definition) is 6. The van der Waals surface area contributed by atoms with Gasteiger partial charge in [-0.3, -0.25) is 4.79 Å². The molecule has 2 atom stereocenters. The van der Waals surface area contributed by atoms with Crippen LogP contribution >= 0.6 is 0 Å². The van der Waals surface area contributed by atoms with Gasteiger partial charge in [0.15, 0.2) is 5.82 Å². The van der Waals surface area contributed by atoms with E-state index < -0.39 is 24.3 Å². The fraction of sp³-hybridized carbons (Fsp3) is 0.800. The molecule has 2 fully saturated rings. The molecule has 0 spiro atoms. The Bertz CT molecular complexity index is 581. The van der Waals surface area contributed by atoms with Crippen molar-refractivity contribution in [1.82, 2.24) is 15.0 Å². The van der Waals surface area contributed by atoms with Crippen LogP contribution in [0.1, 0.15) is 43.4 Å². The molecule has 2 heterocycles. The summed E-state index contributed by atoms with van der Waals surface area (Å²) in [5.74, 6) is -3.09. The van der Waals surface area contributed by atoms with Crippen molar-refractivity contribution in [2.45, 2.75) is 44.3 Å². The van der Waals surface area contributed by atoms with Crippen LogP contribution in [0.15, 0.2) is 4.52 Å². The van der Waals surface area contributed by atoms with Gasteiger partial charge in [-0.25, -0.2) is 8.78 Å². The van der Waals surface area contributed by atoms with Crippen molar-refractivity contribution in [2.75, 3.05) is 26.9 Å². The quantitative estimate of drug-likeness (QED) is 0.830. The second kappa shape index (κ2) is 7.10. The molecule has 0 aromatic carbocycles. The maximum Gasteiger partial charge on any atom is 0.252 e. The largest absolute Gasteiger partial charge is 0.377 e. The van der Waals surface area contributed by atoms with Gasteiger partial charge in [-0.2, -0.15) is 4.98 Å². The third-order valence-corrected chi connectivity index (χ3v) is 4.45. The zero-order valence-corrected chi connectivity index (χ0v) is 13.5. The Hall–Kier alpha value is -1.61. The summed E-state index contributed by atoms with van der Waals surface area (Å²) in [6, 6.07) is -0.517. The molecule has 0 N–H and O–H groups in total. The maximum absolute atomic E-state index is 13.6. The minimum Gasteiger partial charge on any atom is -0.377 e. The number of nitrogens with zero attached hydrogens (tertiary/aromatic N) is 3. The predicted octanol–water partition coefficient (Wildman–Crippen LogP) is 1.94. The summed E-state index contributed by atoms with van der Waals surface area (Å²) in [5, 5.41) is 3.88. The Balaban J connectivity index is 1.74. The summed E-state index contributed by atoms with van der Waals surface area (Å²) < 4.78 is 42.7. The monoisotopic (exact) mass is 345 g/mol. The van der Waals surface area contributed by atoms with Gasteiger partial charge in [0.25, 0.3) is 5.89 Å². The Morgan fingerprint density at radius 2 is 2.33 bits per heavy atom. The van der Waals surface area contributed by atoms with Gasteiger partial charge >= 0.3 is 0 Å². The normalized spacial score (nSPS) is 27.2. The van der Waals surface area contributed by atoms with Crippen LogP contribution in [-0.2, 0) is 20.9 Å². The van der Waals surface area contributed by atoms with Crippen LogP contribution in [0, 0.1) is 5.92 Å². The van der Waals surface area contributed by atoms with E-state index in [-0.39, 0.29) is 25.5 Å².